The summed E-state index contributed by atoms with van der Waals surface area (Å²) in [6.45, 7) is 6.16. The van der Waals surface area contributed by atoms with Crippen LogP contribution in [-0.2, 0) is 0 Å². The summed E-state index contributed by atoms with van der Waals surface area (Å²) in [5, 5.41) is 0. The summed E-state index contributed by atoms with van der Waals surface area (Å²) in [5.41, 5.74) is 0. The van der Waals surface area contributed by atoms with Crippen molar-refractivity contribution in [2.24, 2.45) is 0 Å². The van der Waals surface area contributed by atoms with Crippen molar-refractivity contribution >= 4 is 26.7 Å². The number of hydrogen-bond acceptors (Lipinski definition) is 1. The first-order valence-electron chi connectivity index (χ1n) is 3.17. The zero-order valence-corrected chi connectivity index (χ0v) is 8.67. The Balaban J connectivity index is 2.97. The van der Waals surface area contributed by atoms with Crippen LogP contribution in [0.5, 0.6) is 0 Å². The third-order valence-electron chi connectivity index (χ3n) is 0.989. The Bertz CT molecular complexity index is 81.0. The average molecular weight is 209 g/mol. The quantitative estimate of drug-likeness (QED) is 0.495. The van der Waals surface area contributed by atoms with Crippen molar-refractivity contribution in [3.8, 4) is 0 Å². The van der Waals surface area contributed by atoms with E-state index < -0.39 is 0 Å². The summed E-state index contributed by atoms with van der Waals surface area (Å²) < 4.78 is 1.39. The van der Waals surface area contributed by atoms with Gasteiger partial charge in [-0.15, -0.1) is 0 Å². The van der Waals surface area contributed by atoms with Gasteiger partial charge in [0.25, 0.3) is 0 Å². The van der Waals surface area contributed by atoms with E-state index in [-0.39, 0.29) is 0 Å². The Morgan fingerprint density at radius 1 is 1.67 bits per heavy atom. The molecule has 0 nitrogen and oxygen atoms in total. The van der Waals surface area contributed by atoms with Crippen LogP contribution in [-0.4, -0.2) is 20.7 Å². The Morgan fingerprint density at radius 2 is 2.33 bits per heavy atom. The number of hydrogen-bond donors (Lipinski definition) is 0. The zero-order chi connectivity index (χ0) is 7.11. The summed E-state index contributed by atoms with van der Waals surface area (Å²) in [6, 6.07) is 0. The molecule has 0 aliphatic heterocycles. The molecular weight excluding hydrogens is 195 g/mol. The molecule has 0 rings (SSSR count). The summed E-state index contributed by atoms with van der Waals surface area (Å²) >= 11 is 2.59. The van der Waals surface area contributed by atoms with Gasteiger partial charge in [0.05, 0.1) is 0 Å². The molecule has 0 saturated carbocycles. The first-order chi connectivity index (χ1) is 4.31. The van der Waals surface area contributed by atoms with Crippen LogP contribution in [0.2, 0.25) is 5.82 Å². The van der Waals surface area contributed by atoms with Crippen molar-refractivity contribution in [2.75, 3.05) is 5.75 Å². The molecule has 0 aromatic carbocycles. The zero-order valence-electron chi connectivity index (χ0n) is 6.14. The van der Waals surface area contributed by atoms with E-state index in [2.05, 4.69) is 19.3 Å². The summed E-state index contributed by atoms with van der Waals surface area (Å²) in [7, 11) is 0. The van der Waals surface area contributed by atoms with Gasteiger partial charge in [-0.2, -0.15) is 0 Å². The van der Waals surface area contributed by atoms with Crippen LogP contribution in [0, 0.1) is 0 Å². The van der Waals surface area contributed by atoms with Crippen molar-refractivity contribution in [3.63, 3.8) is 0 Å². The van der Waals surface area contributed by atoms with Gasteiger partial charge in [-0.1, -0.05) is 0 Å². The predicted molar refractivity (Wildman–Crippen MR) is 48.1 cm³/mol. The maximum absolute atomic E-state index is 3.94. The fraction of sp³-hybridized carbons (Fsp3) is 0.714. The first kappa shape index (κ1) is 9.61. The maximum atomic E-state index is 3.94. The summed E-state index contributed by atoms with van der Waals surface area (Å²) in [6.07, 6.45) is 2.64. The normalized spacial score (nSPS) is 9.56. The summed E-state index contributed by atoms with van der Waals surface area (Å²) in [4.78, 5) is 0. The van der Waals surface area contributed by atoms with E-state index in [1.807, 2.05) is 11.8 Å². The molecule has 0 amide bonds. The van der Waals surface area contributed by atoms with Gasteiger partial charge in [0.2, 0.25) is 0 Å². The molecule has 0 atom stereocenters. The molecular formula is C7H14SSe. The SMILES string of the molecule is C=C(SCCCC)[Se]C. The van der Waals surface area contributed by atoms with Crippen molar-refractivity contribution in [1.29, 1.82) is 0 Å². The second-order valence-corrected chi connectivity index (χ2v) is 5.44. The molecule has 0 fully saturated rings. The minimum absolute atomic E-state index is 0.651. The van der Waals surface area contributed by atoms with Crippen LogP contribution < -0.4 is 0 Å². The van der Waals surface area contributed by atoms with Crippen molar-refractivity contribution in [1.82, 2.24) is 0 Å². The van der Waals surface area contributed by atoms with Crippen molar-refractivity contribution < 1.29 is 0 Å². The van der Waals surface area contributed by atoms with E-state index in [9.17, 15) is 0 Å². The number of thioether (sulfide) groups is 1. The van der Waals surface area contributed by atoms with Gasteiger partial charge in [-0.25, -0.2) is 0 Å². The van der Waals surface area contributed by atoms with Crippen LogP contribution >= 0.6 is 11.8 Å². The van der Waals surface area contributed by atoms with Gasteiger partial charge in [-0.05, 0) is 0 Å². The predicted octanol–water partition coefficient (Wildman–Crippen LogP) is 2.74. The van der Waals surface area contributed by atoms with E-state index in [1.165, 1.54) is 22.4 Å². The second kappa shape index (κ2) is 6.73. The van der Waals surface area contributed by atoms with Crippen molar-refractivity contribution in [2.45, 2.75) is 25.6 Å². The molecule has 0 radical (unpaired) electrons. The molecule has 9 heavy (non-hydrogen) atoms. The summed E-state index contributed by atoms with van der Waals surface area (Å²) in [5.74, 6) is 3.49. The van der Waals surface area contributed by atoms with E-state index >= 15 is 0 Å². The Morgan fingerprint density at radius 3 is 2.78 bits per heavy atom. The monoisotopic (exact) mass is 210 g/mol. The molecule has 2 heteroatoms. The van der Waals surface area contributed by atoms with Gasteiger partial charge in [-0.3, -0.25) is 0 Å². The van der Waals surface area contributed by atoms with E-state index in [0.29, 0.717) is 15.0 Å². The second-order valence-electron chi connectivity index (χ2n) is 1.78. The van der Waals surface area contributed by atoms with Crippen molar-refractivity contribution in [3.05, 3.63) is 10.4 Å². The first-order valence-corrected chi connectivity index (χ1v) is 6.72. The molecule has 0 N–H and O–H groups in total. The van der Waals surface area contributed by atoms with Gasteiger partial charge in [0.15, 0.2) is 0 Å². The molecule has 0 aliphatic carbocycles. The standard InChI is InChI=1S/C7H14SSe/c1-4-5-6-8-7(2)9-3/h2,4-6H2,1,3H3. The van der Waals surface area contributed by atoms with Gasteiger partial charge < -0.3 is 0 Å². The van der Waals surface area contributed by atoms with Crippen LogP contribution in [0.1, 0.15) is 19.8 Å². The fourth-order valence-electron chi connectivity index (χ4n) is 0.389. The van der Waals surface area contributed by atoms with Crippen LogP contribution in [0.25, 0.3) is 0 Å². The molecule has 0 aromatic heterocycles. The third-order valence-corrected chi connectivity index (χ3v) is 4.37. The number of unbranched alkanes of at least 4 members (excludes halogenated alkanes) is 1. The molecule has 0 aliphatic rings. The Labute approximate surface area is 68.6 Å². The molecule has 54 valence electrons. The Hall–Kier alpha value is 0.609. The van der Waals surface area contributed by atoms with E-state index in [4.69, 9.17) is 0 Å². The average Bonchev–Trinajstić information content (AvgIpc) is 1.89. The molecule has 0 unspecified atom stereocenters. The molecule has 0 heterocycles. The molecule has 0 spiro atoms. The fourth-order valence-corrected chi connectivity index (χ4v) is 2.43. The van der Waals surface area contributed by atoms with Gasteiger partial charge in [0, 0.05) is 0 Å². The third kappa shape index (κ3) is 6.50. The number of rotatable bonds is 5. The van der Waals surface area contributed by atoms with Crippen LogP contribution in [0.15, 0.2) is 10.4 Å². The topological polar surface area (TPSA) is 0 Å². The van der Waals surface area contributed by atoms with Gasteiger partial charge in [0.1, 0.15) is 0 Å². The van der Waals surface area contributed by atoms with Gasteiger partial charge >= 0.3 is 68.4 Å². The van der Waals surface area contributed by atoms with E-state index in [0.717, 1.165) is 0 Å². The minimum atomic E-state index is 0.651. The molecule has 0 bridgehead atoms. The van der Waals surface area contributed by atoms with Crippen LogP contribution in [0.4, 0.5) is 0 Å². The molecule has 0 aromatic rings. The molecule has 0 saturated heterocycles. The Kier molecular flexibility index (Phi) is 7.18. The van der Waals surface area contributed by atoms with E-state index in [1.54, 1.807) is 0 Å². The van der Waals surface area contributed by atoms with Crippen LogP contribution in [0.3, 0.4) is 0 Å².